The highest BCUT2D eigenvalue weighted by atomic mass is 35.5. The number of hydrogen-bond donors (Lipinski definition) is 2. The minimum Gasteiger partial charge on any atom is -0.481 e. The average molecular weight is 661 g/mol. The summed E-state index contributed by atoms with van der Waals surface area (Å²) in [7, 11) is 0. The highest BCUT2D eigenvalue weighted by molar-refractivity contribution is 8.00. The van der Waals surface area contributed by atoms with E-state index in [1.807, 2.05) is 6.92 Å². The molecule has 0 amide bonds. The molecular formula is C31H44ClF3N4O4S. The number of carboxylic acid groups (broad SMARTS) is 1. The van der Waals surface area contributed by atoms with E-state index in [0.29, 0.717) is 55.2 Å². The van der Waals surface area contributed by atoms with E-state index >= 15 is 0 Å². The van der Waals surface area contributed by atoms with Gasteiger partial charge < -0.3 is 15.2 Å². The fourth-order valence-corrected chi connectivity index (χ4v) is 10.6. The summed E-state index contributed by atoms with van der Waals surface area (Å²) in [6, 6.07) is -0.225. The van der Waals surface area contributed by atoms with Crippen LogP contribution in [0.2, 0.25) is 0 Å². The van der Waals surface area contributed by atoms with E-state index in [9.17, 15) is 27.9 Å². The predicted molar refractivity (Wildman–Crippen MR) is 163 cm³/mol. The number of rotatable bonds is 9. The topological polar surface area (TPSA) is 96.7 Å². The second-order valence-corrected chi connectivity index (χ2v) is 15.5. The van der Waals surface area contributed by atoms with Crippen LogP contribution in [0.1, 0.15) is 69.0 Å². The van der Waals surface area contributed by atoms with Gasteiger partial charge >= 0.3 is 12.1 Å². The molecule has 13 heteroatoms. The predicted octanol–water partition coefficient (Wildman–Crippen LogP) is 4.41. The van der Waals surface area contributed by atoms with E-state index in [1.165, 1.54) is 0 Å². The van der Waals surface area contributed by atoms with Crippen LogP contribution in [0.3, 0.4) is 0 Å². The Morgan fingerprint density at radius 1 is 1.18 bits per heavy atom. The standard InChI is InChI=1S/C31H44ClF3N4O4S/c1-16-11-22(28-27(36-16)24(14-44-28)30(41)42)21-12-18(32)3-8-26(21)43-10-9-38-17(2)37-25-7-6-20(13-23(25)29(38)40)39(19-4-5-19)15-31(33,34)35/h16,18-22,24,26-28,36H,3-15H2,1-2H3,(H,41,42)/t16?,18?,20-,21?,22?,24?,26?,27?,28?/m0/s1. The van der Waals surface area contributed by atoms with Crippen LogP contribution in [0.15, 0.2) is 4.79 Å². The quantitative estimate of drug-likeness (QED) is 0.376. The number of nitrogens with zero attached hydrogens (tertiary/aromatic N) is 3. The Hall–Kier alpha value is -1.34. The molecule has 5 aliphatic rings. The Bertz CT molecular complexity index is 1280. The average Bonchev–Trinajstić information content (AvgIpc) is 3.71. The van der Waals surface area contributed by atoms with Gasteiger partial charge in [0.2, 0.25) is 0 Å². The van der Waals surface area contributed by atoms with Gasteiger partial charge in [0, 0.05) is 46.1 Å². The highest BCUT2D eigenvalue weighted by Crippen LogP contribution is 2.48. The van der Waals surface area contributed by atoms with Crippen molar-refractivity contribution in [3.05, 3.63) is 27.4 Å². The van der Waals surface area contributed by atoms with Gasteiger partial charge in [0.05, 0.1) is 37.4 Å². The zero-order chi connectivity index (χ0) is 31.3. The monoisotopic (exact) mass is 660 g/mol. The lowest BCUT2D eigenvalue weighted by Crippen LogP contribution is -2.57. The van der Waals surface area contributed by atoms with Gasteiger partial charge in [0.1, 0.15) is 5.82 Å². The molecule has 2 saturated carbocycles. The zero-order valence-electron chi connectivity index (χ0n) is 25.4. The third kappa shape index (κ3) is 6.99. The van der Waals surface area contributed by atoms with Crippen molar-refractivity contribution in [1.82, 2.24) is 19.8 Å². The Balaban J connectivity index is 1.14. The first kappa shape index (κ1) is 32.6. The molecule has 0 radical (unpaired) electrons. The fourth-order valence-electron chi connectivity index (χ4n) is 8.44. The molecule has 9 atom stereocenters. The molecule has 246 valence electrons. The van der Waals surface area contributed by atoms with Crippen LogP contribution in [0.25, 0.3) is 0 Å². The molecule has 0 spiro atoms. The van der Waals surface area contributed by atoms with Gasteiger partial charge in [0.15, 0.2) is 0 Å². The van der Waals surface area contributed by atoms with Gasteiger partial charge in [-0.1, -0.05) is 0 Å². The summed E-state index contributed by atoms with van der Waals surface area (Å²) in [5.74, 6) is 0.542. The molecule has 3 heterocycles. The lowest BCUT2D eigenvalue weighted by molar-refractivity contribution is -0.153. The number of alkyl halides is 4. The van der Waals surface area contributed by atoms with Crippen LogP contribution in [0, 0.1) is 24.7 Å². The Kier molecular flexibility index (Phi) is 9.66. The van der Waals surface area contributed by atoms with Crippen molar-refractivity contribution < 1.29 is 27.8 Å². The normalized spacial score (nSPS) is 35.8. The summed E-state index contributed by atoms with van der Waals surface area (Å²) >= 11 is 8.45. The van der Waals surface area contributed by atoms with Crippen LogP contribution in [0.4, 0.5) is 13.2 Å². The lowest BCUT2D eigenvalue weighted by atomic mass is 9.70. The number of carbonyl (C=O) groups is 1. The molecule has 6 rings (SSSR count). The number of piperidine rings is 1. The third-order valence-corrected chi connectivity index (χ3v) is 12.6. The second kappa shape index (κ2) is 13.0. The molecule has 44 heavy (non-hydrogen) atoms. The summed E-state index contributed by atoms with van der Waals surface area (Å²) in [5, 5.41) is 13.6. The number of halogens is 4. The lowest BCUT2D eigenvalue weighted by Gasteiger charge is -2.47. The van der Waals surface area contributed by atoms with E-state index in [4.69, 9.17) is 21.3 Å². The first-order valence-electron chi connectivity index (χ1n) is 16.2. The van der Waals surface area contributed by atoms with Crippen molar-refractivity contribution in [2.75, 3.05) is 18.9 Å². The molecule has 8 unspecified atom stereocenters. The van der Waals surface area contributed by atoms with E-state index in [-0.39, 0.29) is 58.3 Å². The number of aliphatic carboxylic acids is 1. The maximum Gasteiger partial charge on any atom is 0.401 e. The van der Waals surface area contributed by atoms with Crippen LogP contribution < -0.4 is 10.9 Å². The number of hydrogen-bond acceptors (Lipinski definition) is 7. The molecule has 1 aromatic rings. The number of fused-ring (bicyclic) bond motifs is 2. The van der Waals surface area contributed by atoms with Crippen LogP contribution >= 0.6 is 23.4 Å². The molecular weight excluding hydrogens is 617 g/mol. The minimum absolute atomic E-state index is 0.0362. The maximum absolute atomic E-state index is 13.7. The smallest absolute Gasteiger partial charge is 0.401 e. The molecule has 0 aromatic carbocycles. The van der Waals surface area contributed by atoms with Gasteiger partial charge in [-0.2, -0.15) is 24.9 Å². The van der Waals surface area contributed by atoms with Crippen molar-refractivity contribution in [3.8, 4) is 0 Å². The van der Waals surface area contributed by atoms with Gasteiger partial charge in [0.25, 0.3) is 5.56 Å². The van der Waals surface area contributed by atoms with E-state index in [1.54, 1.807) is 21.2 Å². The molecule has 2 N–H and O–H groups in total. The summed E-state index contributed by atoms with van der Waals surface area (Å²) in [6.07, 6.45) is 2.04. The Morgan fingerprint density at radius 3 is 2.66 bits per heavy atom. The van der Waals surface area contributed by atoms with Gasteiger partial charge in [-0.3, -0.25) is 19.1 Å². The van der Waals surface area contributed by atoms with Crippen molar-refractivity contribution in [2.45, 2.75) is 125 Å². The Morgan fingerprint density at radius 2 is 1.95 bits per heavy atom. The molecule has 2 saturated heterocycles. The van der Waals surface area contributed by atoms with E-state index in [2.05, 4.69) is 12.2 Å². The van der Waals surface area contributed by atoms with Crippen LogP contribution in [-0.4, -0.2) is 91.5 Å². The third-order valence-electron chi connectivity index (χ3n) is 10.6. The number of nitrogens with one attached hydrogen (secondary N) is 1. The molecule has 3 aliphatic carbocycles. The van der Waals surface area contributed by atoms with Crippen LogP contribution in [-0.2, 0) is 28.9 Å². The first-order chi connectivity index (χ1) is 20.9. The number of aromatic nitrogens is 2. The van der Waals surface area contributed by atoms with Gasteiger partial charge in [-0.05, 0) is 83.5 Å². The molecule has 8 nitrogen and oxygen atoms in total. The molecule has 0 bridgehead atoms. The fraction of sp³-hybridized carbons (Fsp3) is 0.839. The highest BCUT2D eigenvalue weighted by Gasteiger charge is 2.52. The van der Waals surface area contributed by atoms with Crippen molar-refractivity contribution in [1.29, 1.82) is 0 Å². The largest absolute Gasteiger partial charge is 0.481 e. The maximum atomic E-state index is 13.7. The van der Waals surface area contributed by atoms with E-state index in [0.717, 1.165) is 38.5 Å². The SMILES string of the molecule is Cc1nc2c(c(=O)n1CCOC1CCC(Cl)CC1C1CC(C)NC3C(C(=O)O)CSC13)C[C@@H](N(CC(F)(F)F)C1CC1)CC2. The number of carboxylic acids is 1. The van der Waals surface area contributed by atoms with Crippen molar-refractivity contribution in [2.24, 2.45) is 17.8 Å². The second-order valence-electron chi connectivity index (χ2n) is 13.7. The zero-order valence-corrected chi connectivity index (χ0v) is 27.0. The van der Waals surface area contributed by atoms with Gasteiger partial charge in [-0.15, -0.1) is 11.6 Å². The molecule has 2 aliphatic heterocycles. The van der Waals surface area contributed by atoms with Crippen LogP contribution in [0.5, 0.6) is 0 Å². The molecule has 4 fully saturated rings. The first-order valence-corrected chi connectivity index (χ1v) is 17.7. The summed E-state index contributed by atoms with van der Waals surface area (Å²) in [6.45, 7) is 3.64. The van der Waals surface area contributed by atoms with Gasteiger partial charge in [-0.25, -0.2) is 4.98 Å². The van der Waals surface area contributed by atoms with E-state index < -0.39 is 24.6 Å². The summed E-state index contributed by atoms with van der Waals surface area (Å²) in [5.41, 5.74) is 1.09. The number of aryl methyl sites for hydroxylation is 2. The number of thioether (sulfide) groups is 1. The minimum atomic E-state index is -4.27. The summed E-state index contributed by atoms with van der Waals surface area (Å²) in [4.78, 5) is 31.9. The van der Waals surface area contributed by atoms with Crippen molar-refractivity contribution in [3.63, 3.8) is 0 Å². The molecule has 1 aromatic heterocycles. The number of ether oxygens (including phenoxy) is 1. The Labute approximate surface area is 265 Å². The van der Waals surface area contributed by atoms with Crippen molar-refractivity contribution >= 4 is 29.3 Å². The summed E-state index contributed by atoms with van der Waals surface area (Å²) < 4.78 is 48.3.